The molecule has 1 aromatic heterocycles. The summed E-state index contributed by atoms with van der Waals surface area (Å²) in [7, 11) is 1.61. The molecule has 4 nitrogen and oxygen atoms in total. The van der Waals surface area contributed by atoms with E-state index in [2.05, 4.69) is 36.2 Å². The van der Waals surface area contributed by atoms with E-state index in [1.165, 1.54) is 81.8 Å². The second-order valence-electron chi connectivity index (χ2n) is 10.4. The first kappa shape index (κ1) is 30.1. The molecule has 6 heteroatoms. The number of unbranched alkanes of at least 4 members (excludes halogenated alkanes) is 9. The highest BCUT2D eigenvalue weighted by Crippen LogP contribution is 2.34. The average molecular weight is 575 g/mol. The van der Waals surface area contributed by atoms with Gasteiger partial charge in [-0.2, -0.15) is 0 Å². The van der Waals surface area contributed by atoms with Crippen molar-refractivity contribution in [2.24, 2.45) is 4.99 Å². The normalized spacial score (nSPS) is 11.6. The Labute approximate surface area is 247 Å². The van der Waals surface area contributed by atoms with Gasteiger partial charge in [0.05, 0.1) is 23.0 Å². The molecule has 0 spiro atoms. The molecule has 3 aromatic carbocycles. The van der Waals surface area contributed by atoms with Gasteiger partial charge in [0.15, 0.2) is 4.34 Å². The van der Waals surface area contributed by atoms with E-state index in [9.17, 15) is 5.11 Å². The van der Waals surface area contributed by atoms with Crippen molar-refractivity contribution in [1.82, 2.24) is 4.98 Å². The van der Waals surface area contributed by atoms with Gasteiger partial charge < -0.3 is 9.84 Å². The number of aromatic nitrogens is 1. The molecular formula is C34H42N2O2S2. The van der Waals surface area contributed by atoms with Crippen LogP contribution < -0.4 is 4.74 Å². The van der Waals surface area contributed by atoms with Gasteiger partial charge in [-0.3, -0.25) is 4.99 Å². The van der Waals surface area contributed by atoms with E-state index in [0.29, 0.717) is 11.3 Å². The molecule has 0 unspecified atom stereocenters. The molecule has 0 saturated heterocycles. The number of aryl methyl sites for hydroxylation is 1. The molecule has 0 atom stereocenters. The highest BCUT2D eigenvalue weighted by atomic mass is 32.2. The van der Waals surface area contributed by atoms with Crippen LogP contribution in [0.1, 0.15) is 87.8 Å². The van der Waals surface area contributed by atoms with E-state index in [1.54, 1.807) is 54.6 Å². The predicted molar refractivity (Wildman–Crippen MR) is 173 cm³/mol. The zero-order valence-electron chi connectivity index (χ0n) is 23.9. The van der Waals surface area contributed by atoms with Gasteiger partial charge in [0.25, 0.3) is 0 Å². The molecule has 0 amide bonds. The van der Waals surface area contributed by atoms with Gasteiger partial charge in [-0.1, -0.05) is 101 Å². The van der Waals surface area contributed by atoms with Crippen molar-refractivity contribution in [2.45, 2.75) is 87.6 Å². The Kier molecular flexibility index (Phi) is 12.4. The van der Waals surface area contributed by atoms with E-state index in [-0.39, 0.29) is 5.75 Å². The summed E-state index contributed by atoms with van der Waals surface area (Å²) in [6.45, 7) is 2.28. The Balaban J connectivity index is 1.20. The van der Waals surface area contributed by atoms with Crippen LogP contribution in [0.2, 0.25) is 0 Å². The molecule has 0 aliphatic carbocycles. The molecule has 0 bridgehead atoms. The number of hydrogen-bond acceptors (Lipinski definition) is 6. The number of nitrogens with zero attached hydrogens (tertiary/aromatic N) is 2. The predicted octanol–water partition coefficient (Wildman–Crippen LogP) is 10.5. The molecule has 1 N–H and O–H groups in total. The molecule has 4 aromatic rings. The van der Waals surface area contributed by atoms with Crippen molar-refractivity contribution >= 4 is 45.2 Å². The van der Waals surface area contributed by atoms with E-state index in [1.807, 2.05) is 18.2 Å². The third-order valence-corrected chi connectivity index (χ3v) is 9.38. The maximum atomic E-state index is 10.1. The largest absolute Gasteiger partial charge is 0.507 e. The standard InChI is InChI=1S/C34H42N2O2S2/c1-3-4-5-6-7-8-9-10-11-12-13-26-14-16-27(17-15-26)25-39-34-36-31-20-18-29(23-33(31)40-34)35-24-28-22-30(38-2)19-21-32(28)37/h14-24,37H,3-13,25H2,1-2H3. The first-order valence-corrected chi connectivity index (χ1v) is 16.5. The first-order valence-electron chi connectivity index (χ1n) is 14.7. The zero-order chi connectivity index (χ0) is 28.0. The Bertz CT molecular complexity index is 1350. The SMILES string of the molecule is CCCCCCCCCCCCc1ccc(CSc2nc3ccc(N=Cc4cc(OC)ccc4O)cc3s2)cc1. The average Bonchev–Trinajstić information content (AvgIpc) is 3.39. The summed E-state index contributed by atoms with van der Waals surface area (Å²) in [5.74, 6) is 1.77. The van der Waals surface area contributed by atoms with Crippen LogP contribution in [-0.4, -0.2) is 23.4 Å². The zero-order valence-corrected chi connectivity index (χ0v) is 25.5. The molecule has 4 rings (SSSR count). The number of methoxy groups -OCH3 is 1. The molecule has 0 saturated carbocycles. The topological polar surface area (TPSA) is 54.7 Å². The maximum Gasteiger partial charge on any atom is 0.151 e. The van der Waals surface area contributed by atoms with Crippen LogP contribution in [-0.2, 0) is 12.2 Å². The summed E-state index contributed by atoms with van der Waals surface area (Å²) in [4.78, 5) is 9.36. The number of thioether (sulfide) groups is 1. The highest BCUT2D eigenvalue weighted by molar-refractivity contribution is 8.00. The Morgan fingerprint density at radius 1 is 0.850 bits per heavy atom. The molecule has 0 fully saturated rings. The Hall–Kier alpha value is -2.83. The van der Waals surface area contributed by atoms with Gasteiger partial charge in [-0.25, -0.2) is 4.98 Å². The third kappa shape index (κ3) is 9.67. The van der Waals surface area contributed by atoms with Gasteiger partial charge in [-0.15, -0.1) is 11.3 Å². The Morgan fingerprint density at radius 3 is 2.27 bits per heavy atom. The lowest BCUT2D eigenvalue weighted by molar-refractivity contribution is 0.412. The van der Waals surface area contributed by atoms with Crippen LogP contribution in [0.25, 0.3) is 10.2 Å². The number of rotatable bonds is 17. The van der Waals surface area contributed by atoms with Crippen molar-refractivity contribution in [1.29, 1.82) is 0 Å². The maximum absolute atomic E-state index is 10.1. The number of phenolic OH excluding ortho intramolecular Hbond substituents is 1. The van der Waals surface area contributed by atoms with Crippen molar-refractivity contribution in [3.63, 3.8) is 0 Å². The van der Waals surface area contributed by atoms with Crippen molar-refractivity contribution in [3.05, 3.63) is 77.4 Å². The first-order chi connectivity index (χ1) is 19.6. The van der Waals surface area contributed by atoms with Gasteiger partial charge in [0, 0.05) is 17.5 Å². The minimum Gasteiger partial charge on any atom is -0.507 e. The van der Waals surface area contributed by atoms with Crippen LogP contribution in [0.4, 0.5) is 5.69 Å². The third-order valence-electron chi connectivity index (χ3n) is 7.14. The summed E-state index contributed by atoms with van der Waals surface area (Å²) in [6.07, 6.45) is 16.7. The number of phenols is 1. The van der Waals surface area contributed by atoms with Crippen LogP contribution in [0.3, 0.4) is 0 Å². The van der Waals surface area contributed by atoms with Crippen LogP contribution in [0.5, 0.6) is 11.5 Å². The number of fused-ring (bicyclic) bond motifs is 1. The van der Waals surface area contributed by atoms with Crippen molar-refractivity contribution in [2.75, 3.05) is 7.11 Å². The summed E-state index contributed by atoms with van der Waals surface area (Å²) in [6, 6.07) is 20.3. The number of benzene rings is 3. The summed E-state index contributed by atoms with van der Waals surface area (Å²) >= 11 is 3.48. The van der Waals surface area contributed by atoms with Crippen LogP contribution in [0, 0.1) is 0 Å². The van der Waals surface area contributed by atoms with E-state index < -0.39 is 0 Å². The van der Waals surface area contributed by atoms with E-state index in [4.69, 9.17) is 9.72 Å². The van der Waals surface area contributed by atoms with Gasteiger partial charge >= 0.3 is 0 Å². The second-order valence-corrected chi connectivity index (χ2v) is 12.6. The fraction of sp³-hybridized carbons (Fsp3) is 0.412. The second kappa shape index (κ2) is 16.4. The molecule has 0 aliphatic rings. The lowest BCUT2D eigenvalue weighted by Gasteiger charge is -2.05. The van der Waals surface area contributed by atoms with E-state index in [0.717, 1.165) is 26.0 Å². The number of aromatic hydroxyl groups is 1. The number of ether oxygens (including phenoxy) is 1. The monoisotopic (exact) mass is 574 g/mol. The van der Waals surface area contributed by atoms with Crippen LogP contribution >= 0.6 is 23.1 Å². The molecule has 1 heterocycles. The van der Waals surface area contributed by atoms with Crippen molar-refractivity contribution < 1.29 is 9.84 Å². The summed E-state index contributed by atoms with van der Waals surface area (Å²) in [5, 5.41) is 10.1. The summed E-state index contributed by atoms with van der Waals surface area (Å²) < 4.78 is 7.42. The minimum atomic E-state index is 0.175. The van der Waals surface area contributed by atoms with Crippen LogP contribution in [0.15, 0.2) is 70.0 Å². The van der Waals surface area contributed by atoms with Gasteiger partial charge in [0.2, 0.25) is 0 Å². The van der Waals surface area contributed by atoms with E-state index >= 15 is 0 Å². The van der Waals surface area contributed by atoms with Crippen molar-refractivity contribution in [3.8, 4) is 11.5 Å². The number of thiazole rings is 1. The smallest absolute Gasteiger partial charge is 0.151 e. The summed E-state index contributed by atoms with van der Waals surface area (Å²) in [5.41, 5.74) is 5.22. The molecule has 212 valence electrons. The highest BCUT2D eigenvalue weighted by Gasteiger charge is 2.07. The molecule has 0 aliphatic heterocycles. The fourth-order valence-corrected chi connectivity index (χ4v) is 6.76. The minimum absolute atomic E-state index is 0.175. The number of aliphatic imine (C=N–C) groups is 1. The molecule has 0 radical (unpaired) electrons. The van der Waals surface area contributed by atoms with Gasteiger partial charge in [-0.05, 0) is 60.4 Å². The fourth-order valence-electron chi connectivity index (χ4n) is 4.71. The Morgan fingerprint density at radius 2 is 1.55 bits per heavy atom. The lowest BCUT2D eigenvalue weighted by atomic mass is 10.0. The number of hydrogen-bond donors (Lipinski definition) is 1. The molecule has 40 heavy (non-hydrogen) atoms. The molecular weight excluding hydrogens is 533 g/mol. The van der Waals surface area contributed by atoms with Gasteiger partial charge in [0.1, 0.15) is 11.5 Å². The lowest BCUT2D eigenvalue weighted by Crippen LogP contribution is -1.88. The quantitative estimate of drug-likeness (QED) is 0.0774.